The Morgan fingerprint density at radius 2 is 2.03 bits per heavy atom. The lowest BCUT2D eigenvalue weighted by Crippen LogP contribution is -2.48. The first-order valence-electron chi connectivity index (χ1n) is 9.96. The molecule has 0 saturated carbocycles. The molecule has 0 spiro atoms. The Morgan fingerprint density at radius 3 is 2.71 bits per heavy atom. The Kier molecular flexibility index (Phi) is 7.36. The molecule has 9 heteroatoms. The Morgan fingerprint density at radius 1 is 1.26 bits per heavy atom. The van der Waals surface area contributed by atoms with Crippen LogP contribution in [0, 0.1) is 11.8 Å². The van der Waals surface area contributed by atoms with Crippen LogP contribution in [0.15, 0.2) is 38.3 Å². The predicted molar refractivity (Wildman–Crippen MR) is 122 cm³/mol. The van der Waals surface area contributed by atoms with Crippen LogP contribution in [0.1, 0.15) is 35.7 Å². The van der Waals surface area contributed by atoms with Crippen molar-refractivity contribution in [1.29, 1.82) is 0 Å². The Bertz CT molecular complexity index is 1160. The molecule has 1 fully saturated rings. The SMILES string of the molecule is CC#CCn1c(N2CCC[C@@H](N)C2)cc(=O)n(Cc2cc(Br)cc(C(=O)OC)c2)c1=O. The molecule has 2 heterocycles. The molecule has 164 valence electrons. The van der Waals surface area contributed by atoms with Gasteiger partial charge in [0.2, 0.25) is 0 Å². The van der Waals surface area contributed by atoms with Crippen molar-refractivity contribution in [2.24, 2.45) is 5.73 Å². The number of anilines is 1. The number of methoxy groups -OCH3 is 1. The van der Waals surface area contributed by atoms with Crippen molar-refractivity contribution in [1.82, 2.24) is 9.13 Å². The maximum atomic E-state index is 13.3. The van der Waals surface area contributed by atoms with E-state index < -0.39 is 17.2 Å². The van der Waals surface area contributed by atoms with E-state index in [2.05, 4.69) is 27.8 Å². The van der Waals surface area contributed by atoms with Crippen LogP contribution in [0.25, 0.3) is 0 Å². The van der Waals surface area contributed by atoms with Crippen LogP contribution in [0.3, 0.4) is 0 Å². The van der Waals surface area contributed by atoms with Crippen LogP contribution < -0.4 is 21.9 Å². The maximum absolute atomic E-state index is 13.3. The average molecular weight is 489 g/mol. The number of carbonyl (C=O) groups excluding carboxylic acids is 1. The van der Waals surface area contributed by atoms with Crippen LogP contribution in [-0.2, 0) is 17.8 Å². The number of halogens is 1. The molecule has 31 heavy (non-hydrogen) atoms. The zero-order valence-electron chi connectivity index (χ0n) is 17.6. The lowest BCUT2D eigenvalue weighted by Gasteiger charge is -2.33. The number of piperidine rings is 1. The zero-order chi connectivity index (χ0) is 22.5. The number of hydrogen-bond acceptors (Lipinski definition) is 6. The lowest BCUT2D eigenvalue weighted by atomic mass is 10.1. The zero-order valence-corrected chi connectivity index (χ0v) is 19.1. The summed E-state index contributed by atoms with van der Waals surface area (Å²) in [5, 5.41) is 0. The third-order valence-corrected chi connectivity index (χ3v) is 5.63. The number of carbonyl (C=O) groups is 1. The molecule has 2 N–H and O–H groups in total. The third kappa shape index (κ3) is 5.27. The summed E-state index contributed by atoms with van der Waals surface area (Å²) in [6, 6.07) is 6.45. The highest BCUT2D eigenvalue weighted by Crippen LogP contribution is 2.19. The summed E-state index contributed by atoms with van der Waals surface area (Å²) < 4.78 is 8.08. The molecule has 1 aromatic carbocycles. The quantitative estimate of drug-likeness (QED) is 0.506. The second-order valence-corrected chi connectivity index (χ2v) is 8.33. The minimum atomic E-state index is -0.498. The molecule has 0 amide bonds. The Balaban J connectivity index is 2.06. The number of hydrogen-bond donors (Lipinski definition) is 1. The second kappa shape index (κ2) is 9.98. The topological polar surface area (TPSA) is 99.6 Å². The van der Waals surface area contributed by atoms with Gasteiger partial charge in [-0.05, 0) is 43.5 Å². The second-order valence-electron chi connectivity index (χ2n) is 7.41. The third-order valence-electron chi connectivity index (χ3n) is 5.17. The fraction of sp³-hybridized carbons (Fsp3) is 0.409. The fourth-order valence-corrected chi connectivity index (χ4v) is 4.24. The first kappa shape index (κ1) is 22.8. The summed E-state index contributed by atoms with van der Waals surface area (Å²) in [4.78, 5) is 40.1. The van der Waals surface area contributed by atoms with E-state index in [0.29, 0.717) is 28.0 Å². The minimum Gasteiger partial charge on any atom is -0.465 e. The van der Waals surface area contributed by atoms with Crippen molar-refractivity contribution in [3.8, 4) is 11.8 Å². The van der Waals surface area contributed by atoms with Gasteiger partial charge in [-0.1, -0.05) is 21.9 Å². The van der Waals surface area contributed by atoms with Crippen LogP contribution in [0.2, 0.25) is 0 Å². The first-order valence-corrected chi connectivity index (χ1v) is 10.8. The van der Waals surface area contributed by atoms with E-state index >= 15 is 0 Å². The standard InChI is InChI=1S/C22H25BrN4O4/c1-3-4-8-26-19(25-7-5-6-18(24)14-25)12-20(28)27(22(26)30)13-15-9-16(21(29)31-2)11-17(23)10-15/h9-12,18H,5-8,13-14,24H2,1-2H3/t18-/m1/s1. The number of nitrogens with two attached hydrogens (primary N) is 1. The summed E-state index contributed by atoms with van der Waals surface area (Å²) in [7, 11) is 1.30. The largest absolute Gasteiger partial charge is 0.465 e. The Labute approximate surface area is 188 Å². The molecule has 1 atom stereocenters. The first-order chi connectivity index (χ1) is 14.8. The molecule has 1 saturated heterocycles. The molecule has 0 radical (unpaired) electrons. The fourth-order valence-electron chi connectivity index (χ4n) is 3.70. The highest BCUT2D eigenvalue weighted by atomic mass is 79.9. The summed E-state index contributed by atoms with van der Waals surface area (Å²) >= 11 is 3.36. The summed E-state index contributed by atoms with van der Waals surface area (Å²) in [5.41, 5.74) is 6.18. The van der Waals surface area contributed by atoms with Gasteiger partial charge in [-0.15, -0.1) is 5.92 Å². The van der Waals surface area contributed by atoms with E-state index in [1.165, 1.54) is 17.7 Å². The number of esters is 1. The number of nitrogens with zero attached hydrogens (tertiary/aromatic N) is 3. The minimum absolute atomic E-state index is 0.00426. The molecular formula is C22H25BrN4O4. The molecule has 8 nitrogen and oxygen atoms in total. The molecule has 2 aromatic rings. The van der Waals surface area contributed by atoms with Crippen LogP contribution in [0.5, 0.6) is 0 Å². The van der Waals surface area contributed by atoms with Gasteiger partial charge >= 0.3 is 11.7 Å². The van der Waals surface area contributed by atoms with Gasteiger partial charge in [-0.25, -0.2) is 9.59 Å². The lowest BCUT2D eigenvalue weighted by molar-refractivity contribution is 0.0600. The summed E-state index contributed by atoms with van der Waals surface area (Å²) in [6.45, 7) is 3.19. The van der Waals surface area contributed by atoms with Gasteiger partial charge in [0.15, 0.2) is 0 Å². The van der Waals surface area contributed by atoms with Gasteiger partial charge in [-0.3, -0.25) is 13.9 Å². The van der Waals surface area contributed by atoms with E-state index in [9.17, 15) is 14.4 Å². The molecule has 0 aliphatic carbocycles. The molecule has 1 aliphatic rings. The van der Waals surface area contributed by atoms with E-state index in [4.69, 9.17) is 10.5 Å². The van der Waals surface area contributed by atoms with Crippen LogP contribution in [0.4, 0.5) is 5.82 Å². The Hall–Kier alpha value is -2.83. The van der Waals surface area contributed by atoms with Crippen molar-refractivity contribution in [3.63, 3.8) is 0 Å². The normalized spacial score (nSPS) is 15.9. The van der Waals surface area contributed by atoms with Crippen molar-refractivity contribution < 1.29 is 9.53 Å². The van der Waals surface area contributed by atoms with E-state index in [0.717, 1.165) is 24.0 Å². The summed E-state index contributed by atoms with van der Waals surface area (Å²) in [5.74, 6) is 5.76. The molecule has 0 bridgehead atoms. The van der Waals surface area contributed by atoms with Crippen molar-refractivity contribution >= 4 is 27.7 Å². The summed E-state index contributed by atoms with van der Waals surface area (Å²) in [6.07, 6.45) is 1.81. The number of ether oxygens (including phenoxy) is 1. The predicted octanol–water partition coefficient (Wildman–Crippen LogP) is 1.56. The van der Waals surface area contributed by atoms with E-state index in [1.54, 1.807) is 25.1 Å². The van der Waals surface area contributed by atoms with Crippen molar-refractivity contribution in [2.75, 3.05) is 25.1 Å². The van der Waals surface area contributed by atoms with Gasteiger partial charge in [-0.2, -0.15) is 0 Å². The molecular weight excluding hydrogens is 464 g/mol. The van der Waals surface area contributed by atoms with Gasteiger partial charge in [0.1, 0.15) is 5.82 Å². The smallest absolute Gasteiger partial charge is 0.337 e. The molecule has 0 unspecified atom stereocenters. The van der Waals surface area contributed by atoms with Gasteiger partial charge in [0.25, 0.3) is 5.56 Å². The maximum Gasteiger partial charge on any atom is 0.337 e. The van der Waals surface area contributed by atoms with E-state index in [-0.39, 0.29) is 19.1 Å². The number of aromatic nitrogens is 2. The van der Waals surface area contributed by atoms with Crippen LogP contribution >= 0.6 is 15.9 Å². The van der Waals surface area contributed by atoms with Crippen LogP contribution in [-0.4, -0.2) is 41.3 Å². The molecule has 1 aromatic heterocycles. The average Bonchev–Trinajstić information content (AvgIpc) is 2.74. The molecule has 1 aliphatic heterocycles. The van der Waals surface area contributed by atoms with Gasteiger partial charge in [0.05, 0.1) is 25.8 Å². The van der Waals surface area contributed by atoms with Crippen molar-refractivity contribution in [2.45, 2.75) is 38.9 Å². The highest BCUT2D eigenvalue weighted by Gasteiger charge is 2.22. The number of rotatable bonds is 5. The molecule has 3 rings (SSSR count). The van der Waals surface area contributed by atoms with Gasteiger partial charge in [0, 0.05) is 29.7 Å². The highest BCUT2D eigenvalue weighted by molar-refractivity contribution is 9.10. The van der Waals surface area contributed by atoms with E-state index in [1.807, 2.05) is 4.90 Å². The van der Waals surface area contributed by atoms with Crippen molar-refractivity contribution in [3.05, 3.63) is 60.7 Å². The van der Waals surface area contributed by atoms with Gasteiger partial charge < -0.3 is 15.4 Å². The monoisotopic (exact) mass is 488 g/mol. The number of benzene rings is 1.